The van der Waals surface area contributed by atoms with Gasteiger partial charge in [-0.2, -0.15) is 0 Å². The average molecular weight is 336 g/mol. The third-order valence-electron chi connectivity index (χ3n) is 3.57. The summed E-state index contributed by atoms with van der Waals surface area (Å²) < 4.78 is 0. The highest BCUT2D eigenvalue weighted by molar-refractivity contribution is 6.13. The molecule has 0 saturated heterocycles. The number of aliphatic hydroxyl groups is 1. The molecule has 0 saturated carbocycles. The van der Waals surface area contributed by atoms with Crippen LogP contribution in [-0.4, -0.2) is 27.9 Å². The van der Waals surface area contributed by atoms with E-state index < -0.39 is 0 Å². The highest BCUT2D eigenvalue weighted by atomic mass is 16.3. The van der Waals surface area contributed by atoms with Gasteiger partial charge in [-0.3, -0.25) is 14.8 Å². The number of aliphatic hydroxyl groups excluding tert-OH is 1. The van der Waals surface area contributed by atoms with Gasteiger partial charge in [0, 0.05) is 17.5 Å². The van der Waals surface area contributed by atoms with E-state index in [2.05, 4.69) is 9.98 Å². The molecule has 0 unspecified atom stereocenters. The van der Waals surface area contributed by atoms with Crippen LogP contribution in [0.4, 0.5) is 11.4 Å². The number of aliphatic imine (C=N–C) groups is 2. The predicted octanol–water partition coefficient (Wildman–Crippen LogP) is 4.66. The lowest BCUT2D eigenvalue weighted by Crippen LogP contribution is -2.01. The molecule has 0 spiro atoms. The molecule has 2 N–H and O–H groups in total. The Morgan fingerprint density at radius 1 is 0.960 bits per heavy atom. The Balaban J connectivity index is 2.42. The van der Waals surface area contributed by atoms with E-state index in [1.807, 2.05) is 18.2 Å². The first kappa shape index (κ1) is 18.1. The maximum absolute atomic E-state index is 11.5. The Kier molecular flexibility index (Phi) is 5.84. The number of aromatic hydroxyl groups is 1. The van der Waals surface area contributed by atoms with Crippen molar-refractivity contribution in [2.45, 2.75) is 20.8 Å². The monoisotopic (exact) mass is 336 g/mol. The number of phenolic OH excluding ortho intramolecular Hbond substituents is 1. The van der Waals surface area contributed by atoms with E-state index in [4.69, 9.17) is 0 Å². The summed E-state index contributed by atoms with van der Waals surface area (Å²) in [5.74, 6) is -0.194. The van der Waals surface area contributed by atoms with Gasteiger partial charge in [-0.25, -0.2) is 0 Å². The number of allylic oxidation sites excluding steroid dienone is 2. The van der Waals surface area contributed by atoms with Crippen molar-refractivity contribution in [3.63, 3.8) is 0 Å². The van der Waals surface area contributed by atoms with Crippen molar-refractivity contribution < 1.29 is 15.0 Å². The standard InChI is InChI=1S/C20H20N2O3/c1-13(16-8-4-7-11-20(16)25)22-19-10-6-5-9-18(19)21-12-17(14(2)23)15(3)24/h4-12,23,25H,1-3H3/b17-14+,21-12?,22-13?. The lowest BCUT2D eigenvalue weighted by molar-refractivity contribution is -0.113. The molecule has 0 aliphatic rings. The fourth-order valence-corrected chi connectivity index (χ4v) is 2.26. The first-order valence-electron chi connectivity index (χ1n) is 7.77. The summed E-state index contributed by atoms with van der Waals surface area (Å²) >= 11 is 0. The molecule has 0 heterocycles. The molecule has 2 aromatic carbocycles. The molecule has 0 amide bonds. The van der Waals surface area contributed by atoms with E-state index in [9.17, 15) is 15.0 Å². The predicted molar refractivity (Wildman–Crippen MR) is 101 cm³/mol. The Hall–Kier alpha value is -3.21. The third-order valence-corrected chi connectivity index (χ3v) is 3.57. The van der Waals surface area contributed by atoms with Crippen molar-refractivity contribution in [3.05, 3.63) is 65.4 Å². The number of ketones is 1. The number of hydrogen-bond donors (Lipinski definition) is 2. The Bertz CT molecular complexity index is 876. The smallest absolute Gasteiger partial charge is 0.164 e. The minimum atomic E-state index is -0.268. The summed E-state index contributed by atoms with van der Waals surface area (Å²) in [6.45, 7) is 4.61. The quantitative estimate of drug-likeness (QED) is 0.473. The fourth-order valence-electron chi connectivity index (χ4n) is 2.26. The van der Waals surface area contributed by atoms with Crippen LogP contribution >= 0.6 is 0 Å². The fraction of sp³-hybridized carbons (Fsp3) is 0.150. The Morgan fingerprint density at radius 2 is 1.56 bits per heavy atom. The summed E-state index contributed by atoms with van der Waals surface area (Å²) in [5.41, 5.74) is 2.57. The molecule has 25 heavy (non-hydrogen) atoms. The Morgan fingerprint density at radius 3 is 2.16 bits per heavy atom. The number of benzene rings is 2. The van der Waals surface area contributed by atoms with Gasteiger partial charge in [0.1, 0.15) is 11.5 Å². The van der Waals surface area contributed by atoms with Gasteiger partial charge in [0.25, 0.3) is 0 Å². The van der Waals surface area contributed by atoms with Gasteiger partial charge in [-0.1, -0.05) is 24.3 Å². The minimum absolute atomic E-state index is 0.0809. The van der Waals surface area contributed by atoms with Crippen molar-refractivity contribution in [1.82, 2.24) is 0 Å². The number of Topliss-reactive ketones (excluding diaryl/α,β-unsaturated/α-hetero) is 1. The SMILES string of the molecule is CC(=O)/C(C=Nc1ccccc1N=C(C)c1ccccc1O)=C(\C)O. The zero-order valence-corrected chi connectivity index (χ0v) is 14.4. The molecule has 0 aromatic heterocycles. The highest BCUT2D eigenvalue weighted by Crippen LogP contribution is 2.29. The van der Waals surface area contributed by atoms with Crippen molar-refractivity contribution in [3.8, 4) is 5.75 Å². The Labute approximate surface area is 146 Å². The topological polar surface area (TPSA) is 82.2 Å². The van der Waals surface area contributed by atoms with E-state index >= 15 is 0 Å². The molecule has 0 fully saturated rings. The van der Waals surface area contributed by atoms with E-state index in [1.54, 1.807) is 37.3 Å². The zero-order chi connectivity index (χ0) is 18.4. The number of carbonyl (C=O) groups excluding carboxylic acids is 1. The average Bonchev–Trinajstić information content (AvgIpc) is 2.56. The summed E-state index contributed by atoms with van der Waals surface area (Å²) in [6.07, 6.45) is 1.33. The molecule has 0 aliphatic carbocycles. The highest BCUT2D eigenvalue weighted by Gasteiger charge is 2.07. The van der Waals surface area contributed by atoms with Crippen LogP contribution in [0.2, 0.25) is 0 Å². The van der Waals surface area contributed by atoms with Crippen LogP contribution in [0.1, 0.15) is 26.3 Å². The number of nitrogens with zero attached hydrogens (tertiary/aromatic N) is 2. The lowest BCUT2D eigenvalue weighted by atomic mass is 10.1. The second-order valence-corrected chi connectivity index (χ2v) is 5.52. The van der Waals surface area contributed by atoms with E-state index in [0.717, 1.165) is 0 Å². The van der Waals surface area contributed by atoms with Crippen LogP contribution in [0.25, 0.3) is 0 Å². The minimum Gasteiger partial charge on any atom is -0.512 e. The summed E-state index contributed by atoms with van der Waals surface area (Å²) in [6, 6.07) is 14.2. The van der Waals surface area contributed by atoms with Gasteiger partial charge in [0.2, 0.25) is 0 Å². The van der Waals surface area contributed by atoms with Crippen LogP contribution in [-0.2, 0) is 4.79 Å². The van der Waals surface area contributed by atoms with Crippen molar-refractivity contribution in [2.75, 3.05) is 0 Å². The molecule has 0 bridgehead atoms. The first-order valence-corrected chi connectivity index (χ1v) is 7.77. The van der Waals surface area contributed by atoms with Crippen molar-refractivity contribution in [1.29, 1.82) is 0 Å². The molecular weight excluding hydrogens is 316 g/mol. The number of hydrogen-bond acceptors (Lipinski definition) is 5. The van der Waals surface area contributed by atoms with Crippen LogP contribution in [0.5, 0.6) is 5.75 Å². The third kappa shape index (κ3) is 4.64. The molecule has 5 heteroatoms. The molecule has 0 atom stereocenters. The second-order valence-electron chi connectivity index (χ2n) is 5.52. The molecule has 0 aliphatic heterocycles. The number of phenols is 1. The van der Waals surface area contributed by atoms with Crippen molar-refractivity contribution in [2.24, 2.45) is 9.98 Å². The maximum atomic E-state index is 11.5. The largest absolute Gasteiger partial charge is 0.512 e. The van der Waals surface area contributed by atoms with E-state index in [-0.39, 0.29) is 22.9 Å². The summed E-state index contributed by atoms with van der Waals surface area (Å²) in [7, 11) is 0. The molecule has 128 valence electrons. The van der Waals surface area contributed by atoms with Gasteiger partial charge in [-0.15, -0.1) is 0 Å². The number of para-hydroxylation sites is 3. The normalized spacial score (nSPS) is 13.0. The molecule has 2 aromatic rings. The van der Waals surface area contributed by atoms with Gasteiger partial charge in [0.05, 0.1) is 16.9 Å². The van der Waals surface area contributed by atoms with Crippen LogP contribution in [0.15, 0.2) is 69.8 Å². The number of rotatable bonds is 5. The van der Waals surface area contributed by atoms with Crippen LogP contribution in [0.3, 0.4) is 0 Å². The van der Waals surface area contributed by atoms with Gasteiger partial charge in [-0.05, 0) is 45.0 Å². The molecule has 0 radical (unpaired) electrons. The van der Waals surface area contributed by atoms with Crippen LogP contribution in [0, 0.1) is 0 Å². The number of carbonyl (C=O) groups is 1. The van der Waals surface area contributed by atoms with Gasteiger partial charge >= 0.3 is 0 Å². The van der Waals surface area contributed by atoms with Gasteiger partial charge in [0.15, 0.2) is 5.78 Å². The van der Waals surface area contributed by atoms with Gasteiger partial charge < -0.3 is 10.2 Å². The maximum Gasteiger partial charge on any atom is 0.164 e. The second kappa shape index (κ2) is 8.06. The molecular formula is C20H20N2O3. The van der Waals surface area contributed by atoms with E-state index in [0.29, 0.717) is 22.6 Å². The first-order chi connectivity index (χ1) is 11.9. The molecule has 2 rings (SSSR count). The van der Waals surface area contributed by atoms with Crippen molar-refractivity contribution >= 4 is 29.1 Å². The summed E-state index contributed by atoms with van der Waals surface area (Å²) in [5, 5.41) is 19.5. The summed E-state index contributed by atoms with van der Waals surface area (Å²) in [4.78, 5) is 20.3. The molecule has 5 nitrogen and oxygen atoms in total. The van der Waals surface area contributed by atoms with Crippen LogP contribution < -0.4 is 0 Å². The van der Waals surface area contributed by atoms with E-state index in [1.165, 1.54) is 20.1 Å². The lowest BCUT2D eigenvalue weighted by Gasteiger charge is -2.06. The zero-order valence-electron chi connectivity index (χ0n) is 14.4.